The molecule has 1 fully saturated rings. The van der Waals surface area contributed by atoms with Crippen molar-refractivity contribution in [3.63, 3.8) is 0 Å². The SMILES string of the molecule is C=C(C=C(C)C)Nc1nc(N2CCCCC2c2ccccc2)nn2cccc12.CC. The fourth-order valence-electron chi connectivity index (χ4n) is 3.87. The van der Waals surface area contributed by atoms with Gasteiger partial charge in [0.1, 0.15) is 5.52 Å². The third-order valence-electron chi connectivity index (χ3n) is 5.07. The number of nitrogens with one attached hydrogen (secondary N) is 1. The van der Waals surface area contributed by atoms with E-state index in [-0.39, 0.29) is 0 Å². The molecule has 1 saturated heterocycles. The largest absolute Gasteiger partial charge is 0.339 e. The number of aromatic nitrogens is 3. The van der Waals surface area contributed by atoms with Crippen molar-refractivity contribution in [2.24, 2.45) is 0 Å². The standard InChI is InChI=1S/C23H27N5.C2H6/c1-17(2)16-18(3)24-22-21-13-9-15-28(21)26-23(25-22)27-14-8-7-12-20(27)19-10-5-4-6-11-19;1-2/h4-6,9-11,13,15-16,20H,3,7-8,12,14H2,1-2H3,(H,24,25,26);1-2H3. The Kier molecular flexibility index (Phi) is 7.28. The summed E-state index contributed by atoms with van der Waals surface area (Å²) in [6, 6.07) is 15.0. The quantitative estimate of drug-likeness (QED) is 0.502. The Morgan fingerprint density at radius 1 is 1.10 bits per heavy atom. The summed E-state index contributed by atoms with van der Waals surface area (Å²) in [6.07, 6.45) is 7.49. The fraction of sp³-hybridized carbons (Fsp3) is 0.360. The first-order valence-corrected chi connectivity index (χ1v) is 10.9. The van der Waals surface area contributed by atoms with Crippen molar-refractivity contribution in [1.29, 1.82) is 0 Å². The molecule has 0 radical (unpaired) electrons. The van der Waals surface area contributed by atoms with E-state index >= 15 is 0 Å². The lowest BCUT2D eigenvalue weighted by molar-refractivity contribution is 0.463. The van der Waals surface area contributed by atoms with Crippen LogP contribution in [0, 0.1) is 0 Å². The molecule has 158 valence electrons. The Hall–Kier alpha value is -3.08. The summed E-state index contributed by atoms with van der Waals surface area (Å²) >= 11 is 0. The summed E-state index contributed by atoms with van der Waals surface area (Å²) in [5.74, 6) is 1.54. The second-order valence-electron chi connectivity index (χ2n) is 7.59. The van der Waals surface area contributed by atoms with Gasteiger partial charge in [0.15, 0.2) is 5.82 Å². The molecule has 1 N–H and O–H groups in total. The first-order valence-electron chi connectivity index (χ1n) is 10.9. The van der Waals surface area contributed by atoms with Gasteiger partial charge in [-0.15, -0.1) is 5.10 Å². The van der Waals surface area contributed by atoms with Gasteiger partial charge in [0.05, 0.1) is 6.04 Å². The van der Waals surface area contributed by atoms with E-state index in [1.54, 1.807) is 0 Å². The van der Waals surface area contributed by atoms with Gasteiger partial charge in [0.25, 0.3) is 0 Å². The number of fused-ring (bicyclic) bond motifs is 1. The number of rotatable bonds is 5. The molecular formula is C25H33N5. The van der Waals surface area contributed by atoms with Crippen molar-refractivity contribution in [2.75, 3.05) is 16.8 Å². The van der Waals surface area contributed by atoms with Gasteiger partial charge in [0.2, 0.25) is 5.95 Å². The van der Waals surface area contributed by atoms with Crippen LogP contribution >= 0.6 is 0 Å². The maximum absolute atomic E-state index is 4.91. The zero-order valence-corrected chi connectivity index (χ0v) is 18.6. The number of benzene rings is 1. The van der Waals surface area contributed by atoms with Gasteiger partial charge in [0, 0.05) is 18.4 Å². The highest BCUT2D eigenvalue weighted by atomic mass is 15.4. The van der Waals surface area contributed by atoms with Crippen LogP contribution in [0.4, 0.5) is 11.8 Å². The molecule has 1 aliphatic heterocycles. The molecule has 0 bridgehead atoms. The molecule has 1 atom stereocenters. The molecule has 30 heavy (non-hydrogen) atoms. The second kappa shape index (κ2) is 10.1. The minimum absolute atomic E-state index is 0.303. The van der Waals surface area contributed by atoms with E-state index in [0.29, 0.717) is 6.04 Å². The summed E-state index contributed by atoms with van der Waals surface area (Å²) in [6.45, 7) is 13.2. The van der Waals surface area contributed by atoms with Crippen molar-refractivity contribution < 1.29 is 0 Å². The second-order valence-corrected chi connectivity index (χ2v) is 7.59. The molecule has 3 heterocycles. The Bertz CT molecular complexity index is 999. The highest BCUT2D eigenvalue weighted by Crippen LogP contribution is 2.34. The van der Waals surface area contributed by atoms with Crippen LogP contribution in [0.25, 0.3) is 5.52 Å². The van der Waals surface area contributed by atoms with Crippen molar-refractivity contribution >= 4 is 17.3 Å². The van der Waals surface area contributed by atoms with Crippen molar-refractivity contribution in [3.8, 4) is 0 Å². The van der Waals surface area contributed by atoms with Crippen LogP contribution in [0.15, 0.2) is 72.6 Å². The van der Waals surface area contributed by atoms with Crippen LogP contribution in [0.3, 0.4) is 0 Å². The fourth-order valence-corrected chi connectivity index (χ4v) is 3.87. The lowest BCUT2D eigenvalue weighted by atomic mass is 9.96. The summed E-state index contributed by atoms with van der Waals surface area (Å²) in [5.41, 5.74) is 4.28. The minimum Gasteiger partial charge on any atom is -0.339 e. The molecule has 0 aliphatic carbocycles. The molecule has 1 unspecified atom stereocenters. The highest BCUT2D eigenvalue weighted by molar-refractivity contribution is 5.71. The normalized spacial score (nSPS) is 15.9. The van der Waals surface area contributed by atoms with E-state index in [1.165, 1.54) is 17.6 Å². The molecule has 4 rings (SSSR count). The van der Waals surface area contributed by atoms with Gasteiger partial charge in [-0.3, -0.25) is 0 Å². The number of hydrogen-bond donors (Lipinski definition) is 1. The Morgan fingerprint density at radius 3 is 2.60 bits per heavy atom. The molecule has 5 nitrogen and oxygen atoms in total. The van der Waals surface area contributed by atoms with Gasteiger partial charge >= 0.3 is 0 Å². The summed E-state index contributed by atoms with van der Waals surface area (Å²) in [7, 11) is 0. The smallest absolute Gasteiger partial charge is 0.246 e. The van der Waals surface area contributed by atoms with E-state index < -0.39 is 0 Å². The molecule has 2 aromatic heterocycles. The Morgan fingerprint density at radius 2 is 1.87 bits per heavy atom. The Balaban J connectivity index is 0.00000124. The molecule has 0 saturated carbocycles. The van der Waals surface area contributed by atoms with E-state index in [0.717, 1.165) is 42.4 Å². The maximum Gasteiger partial charge on any atom is 0.246 e. The summed E-state index contributed by atoms with van der Waals surface area (Å²) in [4.78, 5) is 7.25. The molecule has 0 amide bonds. The van der Waals surface area contributed by atoms with Gasteiger partial charge in [-0.1, -0.05) is 56.3 Å². The molecule has 1 aromatic carbocycles. The van der Waals surface area contributed by atoms with Gasteiger partial charge in [-0.25, -0.2) is 4.52 Å². The van der Waals surface area contributed by atoms with Crippen molar-refractivity contribution in [2.45, 2.75) is 53.0 Å². The summed E-state index contributed by atoms with van der Waals surface area (Å²) in [5, 5.41) is 8.18. The average Bonchev–Trinajstić information content (AvgIpc) is 3.24. The number of nitrogens with zero attached hydrogens (tertiary/aromatic N) is 4. The van der Waals surface area contributed by atoms with Crippen molar-refractivity contribution in [1.82, 2.24) is 14.6 Å². The number of allylic oxidation sites excluding steroid dienone is 2. The molecule has 5 heteroatoms. The maximum atomic E-state index is 4.91. The molecule has 1 aliphatic rings. The van der Waals surface area contributed by atoms with E-state index in [1.807, 2.05) is 42.8 Å². The lowest BCUT2D eigenvalue weighted by Crippen LogP contribution is -2.35. The van der Waals surface area contributed by atoms with Crippen LogP contribution in [-0.4, -0.2) is 21.1 Å². The molecule has 0 spiro atoms. The first-order chi connectivity index (χ1) is 14.6. The van der Waals surface area contributed by atoms with E-state index in [9.17, 15) is 0 Å². The monoisotopic (exact) mass is 403 g/mol. The zero-order valence-electron chi connectivity index (χ0n) is 18.6. The molecule has 3 aromatic rings. The zero-order chi connectivity index (χ0) is 21.5. The lowest BCUT2D eigenvalue weighted by Gasteiger charge is -2.36. The third-order valence-corrected chi connectivity index (χ3v) is 5.07. The van der Waals surface area contributed by atoms with Crippen LogP contribution < -0.4 is 10.2 Å². The van der Waals surface area contributed by atoms with E-state index in [2.05, 4.69) is 61.0 Å². The van der Waals surface area contributed by atoms with Gasteiger partial charge < -0.3 is 10.2 Å². The van der Waals surface area contributed by atoms with E-state index in [4.69, 9.17) is 10.1 Å². The average molecular weight is 404 g/mol. The highest BCUT2D eigenvalue weighted by Gasteiger charge is 2.27. The number of hydrogen-bond acceptors (Lipinski definition) is 4. The first kappa shape index (κ1) is 21.6. The molecular weight excluding hydrogens is 370 g/mol. The van der Waals surface area contributed by atoms with Crippen molar-refractivity contribution in [3.05, 3.63) is 78.1 Å². The topological polar surface area (TPSA) is 45.5 Å². The van der Waals surface area contributed by atoms with Gasteiger partial charge in [-0.2, -0.15) is 4.98 Å². The predicted octanol–water partition coefficient (Wildman–Crippen LogP) is 6.38. The number of anilines is 2. The van der Waals surface area contributed by atoms with Gasteiger partial charge in [-0.05, 0) is 56.9 Å². The van der Waals surface area contributed by atoms with Crippen LogP contribution in [0.5, 0.6) is 0 Å². The summed E-state index contributed by atoms with van der Waals surface area (Å²) < 4.78 is 1.90. The predicted molar refractivity (Wildman–Crippen MR) is 127 cm³/mol. The minimum atomic E-state index is 0.303. The third kappa shape index (κ3) is 4.90. The number of piperidine rings is 1. The van der Waals surface area contributed by atoms with Crippen LogP contribution in [-0.2, 0) is 0 Å². The van der Waals surface area contributed by atoms with Crippen LogP contribution in [0.1, 0.15) is 58.6 Å². The Labute approximate surface area is 180 Å². The van der Waals surface area contributed by atoms with Crippen LogP contribution in [0.2, 0.25) is 0 Å².